The first-order valence-corrected chi connectivity index (χ1v) is 9.85. The summed E-state index contributed by atoms with van der Waals surface area (Å²) in [6.07, 6.45) is 3.47. The molecule has 4 rings (SSSR count). The lowest BCUT2D eigenvalue weighted by Gasteiger charge is -2.18. The molecular weight excluding hydrogens is 350 g/mol. The van der Waals surface area contributed by atoms with Gasteiger partial charge in [-0.1, -0.05) is 12.1 Å². The Morgan fingerprint density at radius 3 is 2.86 bits per heavy atom. The Kier molecular flexibility index (Phi) is 4.84. The summed E-state index contributed by atoms with van der Waals surface area (Å²) in [6.45, 7) is 7.53. The van der Waals surface area contributed by atoms with E-state index in [2.05, 4.69) is 54.6 Å². The molecule has 0 saturated carbocycles. The molecule has 5 heteroatoms. The van der Waals surface area contributed by atoms with E-state index in [0.717, 1.165) is 28.8 Å². The second kappa shape index (κ2) is 7.30. The zero-order valence-electron chi connectivity index (χ0n) is 17.0. The van der Waals surface area contributed by atoms with E-state index in [-0.39, 0.29) is 12.0 Å². The zero-order valence-corrected chi connectivity index (χ0v) is 17.0. The number of hydrogen-bond donors (Lipinski definition) is 0. The number of fused-ring (bicyclic) bond motifs is 2. The molecule has 28 heavy (non-hydrogen) atoms. The highest BCUT2D eigenvalue weighted by molar-refractivity contribution is 5.78. The third kappa shape index (κ3) is 3.61. The lowest BCUT2D eigenvalue weighted by atomic mass is 10.1. The quantitative estimate of drug-likeness (QED) is 0.675. The van der Waals surface area contributed by atoms with E-state index in [1.165, 1.54) is 16.7 Å². The molecule has 0 bridgehead atoms. The van der Waals surface area contributed by atoms with Crippen LogP contribution in [0.3, 0.4) is 0 Å². The molecule has 2 aromatic carbocycles. The topological polar surface area (TPSA) is 47.4 Å². The molecule has 5 nitrogen and oxygen atoms in total. The van der Waals surface area contributed by atoms with Crippen LogP contribution in [0.5, 0.6) is 5.75 Å². The highest BCUT2D eigenvalue weighted by Crippen LogP contribution is 2.29. The molecule has 2 heterocycles. The molecule has 1 amide bonds. The number of amides is 1. The number of benzene rings is 2. The van der Waals surface area contributed by atoms with E-state index < -0.39 is 0 Å². The van der Waals surface area contributed by atoms with Gasteiger partial charge in [-0.15, -0.1) is 0 Å². The SMILES string of the molecule is Cc1cc2ncn(CCC(=O)N(C)Cc3ccc4c(c3)CC(C)O4)c2cc1C. The normalized spacial score (nSPS) is 15.5. The average Bonchev–Trinajstić information content (AvgIpc) is 3.21. The van der Waals surface area contributed by atoms with Crippen molar-refractivity contribution in [3.8, 4) is 5.75 Å². The summed E-state index contributed by atoms with van der Waals surface area (Å²) >= 11 is 0. The molecule has 0 saturated heterocycles. The van der Waals surface area contributed by atoms with E-state index in [1.807, 2.05) is 19.4 Å². The first-order chi connectivity index (χ1) is 13.4. The van der Waals surface area contributed by atoms with Crippen LogP contribution in [0.25, 0.3) is 11.0 Å². The number of imidazole rings is 1. The summed E-state index contributed by atoms with van der Waals surface area (Å²) in [5, 5.41) is 0. The number of carbonyl (C=O) groups excluding carboxylic acids is 1. The van der Waals surface area contributed by atoms with Gasteiger partial charge in [-0.05, 0) is 61.2 Å². The Morgan fingerprint density at radius 1 is 1.25 bits per heavy atom. The van der Waals surface area contributed by atoms with Gasteiger partial charge in [0.25, 0.3) is 0 Å². The van der Waals surface area contributed by atoms with E-state index >= 15 is 0 Å². The van der Waals surface area contributed by atoms with Gasteiger partial charge in [0, 0.05) is 33.0 Å². The second-order valence-electron chi connectivity index (χ2n) is 7.94. The van der Waals surface area contributed by atoms with Gasteiger partial charge >= 0.3 is 0 Å². The van der Waals surface area contributed by atoms with Crippen LogP contribution >= 0.6 is 0 Å². The van der Waals surface area contributed by atoms with Crippen molar-refractivity contribution in [1.82, 2.24) is 14.5 Å². The van der Waals surface area contributed by atoms with Crippen LogP contribution in [-0.2, 0) is 24.3 Å². The Bertz CT molecular complexity index is 1040. The molecule has 1 aromatic heterocycles. The van der Waals surface area contributed by atoms with Gasteiger partial charge in [-0.3, -0.25) is 4.79 Å². The molecule has 3 aromatic rings. The minimum Gasteiger partial charge on any atom is -0.490 e. The molecule has 1 atom stereocenters. The van der Waals surface area contributed by atoms with Gasteiger partial charge in [0.1, 0.15) is 11.9 Å². The number of aromatic nitrogens is 2. The van der Waals surface area contributed by atoms with Crippen LogP contribution < -0.4 is 4.74 Å². The summed E-state index contributed by atoms with van der Waals surface area (Å²) < 4.78 is 7.83. The molecule has 0 N–H and O–H groups in total. The van der Waals surface area contributed by atoms with Crippen molar-refractivity contribution in [2.75, 3.05) is 7.05 Å². The molecule has 1 aliphatic heterocycles. The number of carbonyl (C=O) groups is 1. The third-order valence-electron chi connectivity index (χ3n) is 5.61. The highest BCUT2D eigenvalue weighted by atomic mass is 16.5. The lowest BCUT2D eigenvalue weighted by Crippen LogP contribution is -2.27. The van der Waals surface area contributed by atoms with Crippen molar-refractivity contribution < 1.29 is 9.53 Å². The fourth-order valence-corrected chi connectivity index (χ4v) is 3.83. The summed E-state index contributed by atoms with van der Waals surface area (Å²) in [6, 6.07) is 10.5. The molecule has 0 spiro atoms. The Morgan fingerprint density at radius 2 is 2.04 bits per heavy atom. The predicted molar refractivity (Wildman–Crippen MR) is 111 cm³/mol. The average molecular weight is 377 g/mol. The van der Waals surface area contributed by atoms with Gasteiger partial charge in [0.15, 0.2) is 0 Å². The molecule has 0 radical (unpaired) electrons. The largest absolute Gasteiger partial charge is 0.490 e. The number of aryl methyl sites for hydroxylation is 3. The Balaban J connectivity index is 1.39. The molecule has 0 fully saturated rings. The first-order valence-electron chi connectivity index (χ1n) is 9.85. The fourth-order valence-electron chi connectivity index (χ4n) is 3.83. The molecule has 1 aliphatic rings. The molecule has 0 aliphatic carbocycles. The summed E-state index contributed by atoms with van der Waals surface area (Å²) in [4.78, 5) is 18.9. The second-order valence-corrected chi connectivity index (χ2v) is 7.94. The van der Waals surface area contributed by atoms with Crippen molar-refractivity contribution in [1.29, 1.82) is 0 Å². The number of ether oxygens (including phenoxy) is 1. The van der Waals surface area contributed by atoms with Crippen LogP contribution in [0.15, 0.2) is 36.7 Å². The van der Waals surface area contributed by atoms with Gasteiger partial charge in [0.05, 0.1) is 17.4 Å². The van der Waals surface area contributed by atoms with Crippen molar-refractivity contribution in [2.24, 2.45) is 0 Å². The maximum atomic E-state index is 12.7. The van der Waals surface area contributed by atoms with E-state index in [9.17, 15) is 4.79 Å². The third-order valence-corrected chi connectivity index (χ3v) is 5.61. The maximum Gasteiger partial charge on any atom is 0.224 e. The van der Waals surface area contributed by atoms with Crippen molar-refractivity contribution in [3.63, 3.8) is 0 Å². The highest BCUT2D eigenvalue weighted by Gasteiger charge is 2.19. The van der Waals surface area contributed by atoms with Crippen molar-refractivity contribution >= 4 is 16.9 Å². The zero-order chi connectivity index (χ0) is 19.8. The summed E-state index contributed by atoms with van der Waals surface area (Å²) in [7, 11) is 1.87. The van der Waals surface area contributed by atoms with Crippen molar-refractivity contribution in [3.05, 3.63) is 58.9 Å². The van der Waals surface area contributed by atoms with Crippen LogP contribution in [0.1, 0.15) is 35.6 Å². The number of rotatable bonds is 5. The first kappa shape index (κ1) is 18.5. The van der Waals surface area contributed by atoms with Gasteiger partial charge in [-0.2, -0.15) is 0 Å². The molecule has 1 unspecified atom stereocenters. The monoisotopic (exact) mass is 377 g/mol. The minimum atomic E-state index is 0.135. The Hall–Kier alpha value is -2.82. The van der Waals surface area contributed by atoms with Gasteiger partial charge in [0.2, 0.25) is 5.91 Å². The Labute approximate surface area is 165 Å². The number of hydrogen-bond acceptors (Lipinski definition) is 3. The van der Waals surface area contributed by atoms with Crippen LogP contribution in [-0.4, -0.2) is 33.5 Å². The van der Waals surface area contributed by atoms with Crippen molar-refractivity contribution in [2.45, 2.75) is 52.8 Å². The smallest absolute Gasteiger partial charge is 0.224 e. The molecular formula is C23H27N3O2. The summed E-state index contributed by atoms with van der Waals surface area (Å²) in [5.74, 6) is 1.11. The molecule has 146 valence electrons. The standard InChI is InChI=1S/C23H27N3O2/c1-15-9-20-21(10-16(15)2)26(14-24-20)8-7-23(27)25(4)13-18-5-6-22-19(12-18)11-17(3)28-22/h5-6,9-10,12,14,17H,7-8,11,13H2,1-4H3. The van der Waals surface area contributed by atoms with E-state index in [0.29, 0.717) is 19.5 Å². The van der Waals surface area contributed by atoms with Crippen LogP contribution in [0.2, 0.25) is 0 Å². The predicted octanol–water partition coefficient (Wildman–Crippen LogP) is 4.03. The van der Waals surface area contributed by atoms with Gasteiger partial charge in [-0.25, -0.2) is 4.98 Å². The van der Waals surface area contributed by atoms with E-state index in [4.69, 9.17) is 4.74 Å². The van der Waals surface area contributed by atoms with E-state index in [1.54, 1.807) is 4.90 Å². The van der Waals surface area contributed by atoms with Crippen LogP contribution in [0.4, 0.5) is 0 Å². The van der Waals surface area contributed by atoms with Crippen LogP contribution in [0, 0.1) is 13.8 Å². The van der Waals surface area contributed by atoms with Gasteiger partial charge < -0.3 is 14.2 Å². The minimum absolute atomic E-state index is 0.135. The lowest BCUT2D eigenvalue weighted by molar-refractivity contribution is -0.130. The fraction of sp³-hybridized carbons (Fsp3) is 0.391. The summed E-state index contributed by atoms with van der Waals surface area (Å²) in [5.41, 5.74) is 6.94. The number of nitrogens with zero attached hydrogens (tertiary/aromatic N) is 3. The maximum absolute atomic E-state index is 12.7.